The van der Waals surface area contributed by atoms with Crippen molar-refractivity contribution in [1.29, 1.82) is 0 Å². The van der Waals surface area contributed by atoms with Gasteiger partial charge in [-0.3, -0.25) is 0 Å². The van der Waals surface area contributed by atoms with Gasteiger partial charge in [-0.25, -0.2) is 0 Å². The molecule has 3 aromatic carbocycles. The van der Waals surface area contributed by atoms with Gasteiger partial charge in [0.2, 0.25) is 4.80 Å². The highest BCUT2D eigenvalue weighted by Gasteiger charge is 2.19. The maximum absolute atomic E-state index is 13.0. The summed E-state index contributed by atoms with van der Waals surface area (Å²) in [5.41, 5.74) is 2.68. The zero-order valence-electron chi connectivity index (χ0n) is 18.2. The molecule has 170 valence electrons. The Hall–Kier alpha value is -3.07. The molecule has 0 amide bonds. The summed E-state index contributed by atoms with van der Waals surface area (Å²) in [5, 5.41) is 0.458. The van der Waals surface area contributed by atoms with Gasteiger partial charge in [-0.2, -0.15) is 8.42 Å². The molecule has 0 aliphatic carbocycles. The van der Waals surface area contributed by atoms with Crippen molar-refractivity contribution in [1.82, 2.24) is 4.57 Å². The summed E-state index contributed by atoms with van der Waals surface area (Å²) in [6.07, 6.45) is 0. The number of hydrogen-bond donors (Lipinski definition) is 0. The van der Waals surface area contributed by atoms with Crippen molar-refractivity contribution in [3.63, 3.8) is 0 Å². The van der Waals surface area contributed by atoms with Crippen molar-refractivity contribution < 1.29 is 17.9 Å². The molecule has 0 unspecified atom stereocenters. The molecule has 1 aromatic heterocycles. The summed E-state index contributed by atoms with van der Waals surface area (Å²) >= 11 is 7.21. The summed E-state index contributed by atoms with van der Waals surface area (Å²) in [5.74, 6) is 1.47. The first-order valence-electron chi connectivity index (χ1n) is 9.87. The third-order valence-electron chi connectivity index (χ3n) is 5.06. The quantitative estimate of drug-likeness (QED) is 0.356. The van der Waals surface area contributed by atoms with Gasteiger partial charge in [-0.05, 0) is 83.9 Å². The van der Waals surface area contributed by atoms with Crippen LogP contribution in [0.1, 0.15) is 0 Å². The van der Waals surface area contributed by atoms with E-state index >= 15 is 0 Å². The van der Waals surface area contributed by atoms with Crippen LogP contribution >= 0.6 is 22.9 Å². The van der Waals surface area contributed by atoms with Crippen LogP contribution in [0.5, 0.6) is 11.5 Å². The maximum Gasteiger partial charge on any atom is 0.285 e. The number of rotatable bonds is 6. The standard InChI is InChI=1S/C24H21ClN2O4S2/c1-27-22(16-4-10-19(30-2)11-5-16)23(17-6-12-20(31-3)13-7-17)32-24(27)26-33(28,29)21-14-8-18(25)9-15-21/h4-15H,1-3H3. The van der Waals surface area contributed by atoms with Crippen LogP contribution in [0.15, 0.2) is 82.1 Å². The average Bonchev–Trinajstić information content (AvgIpc) is 3.14. The number of halogens is 1. The Kier molecular flexibility index (Phi) is 6.60. The Morgan fingerprint density at radius 3 is 1.85 bits per heavy atom. The highest BCUT2D eigenvalue weighted by molar-refractivity contribution is 7.90. The molecule has 0 bridgehead atoms. The monoisotopic (exact) mass is 500 g/mol. The molecule has 0 N–H and O–H groups in total. The van der Waals surface area contributed by atoms with Gasteiger partial charge in [0.05, 0.1) is 29.7 Å². The van der Waals surface area contributed by atoms with Crippen LogP contribution in [0.4, 0.5) is 0 Å². The molecule has 0 aliphatic rings. The third-order valence-corrected chi connectivity index (χ3v) is 7.89. The predicted octanol–water partition coefficient (Wildman–Crippen LogP) is 5.38. The fourth-order valence-electron chi connectivity index (χ4n) is 3.31. The zero-order chi connectivity index (χ0) is 23.6. The van der Waals surface area contributed by atoms with Crippen LogP contribution < -0.4 is 14.3 Å². The van der Waals surface area contributed by atoms with Crippen molar-refractivity contribution in [3.05, 3.63) is 82.6 Å². The van der Waals surface area contributed by atoms with Gasteiger partial charge < -0.3 is 14.0 Å². The molecule has 0 saturated carbocycles. The first-order chi connectivity index (χ1) is 15.8. The molecule has 9 heteroatoms. The predicted molar refractivity (Wildman–Crippen MR) is 131 cm³/mol. The van der Waals surface area contributed by atoms with Gasteiger partial charge in [0.15, 0.2) is 0 Å². The molecule has 1 heterocycles. The van der Waals surface area contributed by atoms with Crippen LogP contribution in [0.25, 0.3) is 21.7 Å². The van der Waals surface area contributed by atoms with E-state index in [4.69, 9.17) is 21.1 Å². The molecule has 4 aromatic rings. The van der Waals surface area contributed by atoms with E-state index in [1.807, 2.05) is 48.5 Å². The Balaban J connectivity index is 1.92. The van der Waals surface area contributed by atoms with E-state index in [0.717, 1.165) is 33.2 Å². The highest BCUT2D eigenvalue weighted by atomic mass is 35.5. The molecule has 0 atom stereocenters. The van der Waals surface area contributed by atoms with Crippen molar-refractivity contribution in [2.75, 3.05) is 14.2 Å². The number of ether oxygens (including phenoxy) is 2. The normalized spacial score (nSPS) is 12.1. The van der Waals surface area contributed by atoms with E-state index in [9.17, 15) is 8.42 Å². The minimum atomic E-state index is -3.93. The first-order valence-corrected chi connectivity index (χ1v) is 12.5. The fourth-order valence-corrected chi connectivity index (χ4v) is 5.81. The average molecular weight is 501 g/mol. The number of thiazole rings is 1. The summed E-state index contributed by atoms with van der Waals surface area (Å²) in [6.45, 7) is 0. The van der Waals surface area contributed by atoms with E-state index in [2.05, 4.69) is 4.40 Å². The molecule has 6 nitrogen and oxygen atoms in total. The molecule has 0 radical (unpaired) electrons. The maximum atomic E-state index is 13.0. The Morgan fingerprint density at radius 2 is 1.33 bits per heavy atom. The van der Waals surface area contributed by atoms with E-state index in [0.29, 0.717) is 9.82 Å². The molecule has 0 spiro atoms. The highest BCUT2D eigenvalue weighted by Crippen LogP contribution is 2.36. The van der Waals surface area contributed by atoms with Crippen molar-refractivity contribution >= 4 is 33.0 Å². The van der Waals surface area contributed by atoms with E-state index in [1.54, 1.807) is 25.8 Å². The molecule has 4 rings (SSSR count). The molecule has 0 saturated heterocycles. The van der Waals surface area contributed by atoms with E-state index < -0.39 is 10.0 Å². The SMILES string of the molecule is COc1ccc(-c2sc(=NS(=O)(=O)c3ccc(Cl)cc3)n(C)c2-c2ccc(OC)cc2)cc1. The van der Waals surface area contributed by atoms with Gasteiger partial charge in [-0.15, -0.1) is 4.40 Å². The lowest BCUT2D eigenvalue weighted by Gasteiger charge is -2.09. The van der Waals surface area contributed by atoms with Crippen LogP contribution in [-0.4, -0.2) is 27.2 Å². The zero-order valence-corrected chi connectivity index (χ0v) is 20.5. The lowest BCUT2D eigenvalue weighted by molar-refractivity contribution is 0.414. The topological polar surface area (TPSA) is 69.9 Å². The molecule has 33 heavy (non-hydrogen) atoms. The number of nitrogens with zero attached hydrogens (tertiary/aromatic N) is 2. The Bertz CT molecular complexity index is 1440. The lowest BCUT2D eigenvalue weighted by Crippen LogP contribution is -2.14. The van der Waals surface area contributed by atoms with Gasteiger partial charge in [0.1, 0.15) is 11.5 Å². The van der Waals surface area contributed by atoms with Crippen molar-refractivity contribution in [2.24, 2.45) is 11.4 Å². The van der Waals surface area contributed by atoms with Crippen molar-refractivity contribution in [2.45, 2.75) is 4.90 Å². The van der Waals surface area contributed by atoms with E-state index in [-0.39, 0.29) is 4.90 Å². The summed E-state index contributed by atoms with van der Waals surface area (Å²) in [4.78, 5) is 1.31. The number of methoxy groups -OCH3 is 2. The van der Waals surface area contributed by atoms with Crippen molar-refractivity contribution in [3.8, 4) is 33.2 Å². The Morgan fingerprint density at radius 1 is 0.818 bits per heavy atom. The largest absolute Gasteiger partial charge is 0.497 e. The fraction of sp³-hybridized carbons (Fsp3) is 0.125. The molecular formula is C24H21ClN2O4S2. The second-order valence-corrected chi connectivity index (χ2v) is 10.1. The van der Waals surface area contributed by atoms with Crippen LogP contribution in [0.2, 0.25) is 5.02 Å². The number of aromatic nitrogens is 1. The summed E-state index contributed by atoms with van der Waals surface area (Å²) in [7, 11) is 1.10. The second kappa shape index (κ2) is 9.43. The van der Waals surface area contributed by atoms with Gasteiger partial charge in [-0.1, -0.05) is 22.9 Å². The van der Waals surface area contributed by atoms with Crippen LogP contribution in [0, 0.1) is 0 Å². The number of benzene rings is 3. The van der Waals surface area contributed by atoms with Gasteiger partial charge >= 0.3 is 0 Å². The summed E-state index contributed by atoms with van der Waals surface area (Å²) < 4.78 is 42.4. The third kappa shape index (κ3) is 4.83. The Labute approximate surface area is 201 Å². The minimum Gasteiger partial charge on any atom is -0.497 e. The number of sulfonamides is 1. The summed E-state index contributed by atoms with van der Waals surface area (Å²) in [6, 6.07) is 21.2. The van der Waals surface area contributed by atoms with E-state index in [1.165, 1.54) is 35.6 Å². The number of hydrogen-bond acceptors (Lipinski definition) is 5. The molecule has 0 aliphatic heterocycles. The van der Waals surface area contributed by atoms with Gasteiger partial charge in [0, 0.05) is 12.1 Å². The lowest BCUT2D eigenvalue weighted by atomic mass is 10.1. The second-order valence-electron chi connectivity index (χ2n) is 7.10. The molecular weight excluding hydrogens is 480 g/mol. The minimum absolute atomic E-state index is 0.0808. The van der Waals surface area contributed by atoms with Crippen LogP contribution in [-0.2, 0) is 17.1 Å². The molecule has 0 fully saturated rings. The smallest absolute Gasteiger partial charge is 0.285 e. The first kappa shape index (κ1) is 23.1. The van der Waals surface area contributed by atoms with Gasteiger partial charge in [0.25, 0.3) is 10.0 Å². The van der Waals surface area contributed by atoms with Crippen LogP contribution in [0.3, 0.4) is 0 Å².